The zero-order valence-corrected chi connectivity index (χ0v) is 12.7. The van der Waals surface area contributed by atoms with Crippen LogP contribution in [0.1, 0.15) is 26.7 Å². The fourth-order valence-corrected chi connectivity index (χ4v) is 3.67. The van der Waals surface area contributed by atoms with Gasteiger partial charge in [-0.3, -0.25) is 9.69 Å². The van der Waals surface area contributed by atoms with Gasteiger partial charge >= 0.3 is 0 Å². The molecule has 4 nitrogen and oxygen atoms in total. The molecule has 0 bridgehead atoms. The molecule has 4 heteroatoms. The van der Waals surface area contributed by atoms with E-state index in [2.05, 4.69) is 29.0 Å². The lowest BCUT2D eigenvalue weighted by Gasteiger charge is -2.35. The largest absolute Gasteiger partial charge is 0.341 e. The molecule has 1 N–H and O–H groups in total. The number of rotatable bonds is 4. The predicted molar refractivity (Wildman–Crippen MR) is 78.0 cm³/mol. The number of nitrogens with one attached hydrogen (secondary N) is 1. The lowest BCUT2D eigenvalue weighted by Crippen LogP contribution is -2.46. The van der Waals surface area contributed by atoms with Gasteiger partial charge in [-0.1, -0.05) is 13.8 Å². The summed E-state index contributed by atoms with van der Waals surface area (Å²) in [5, 5.41) is 3.24. The maximum absolute atomic E-state index is 12.4. The van der Waals surface area contributed by atoms with Crippen LogP contribution in [0, 0.1) is 17.8 Å². The van der Waals surface area contributed by atoms with Crippen LogP contribution in [-0.2, 0) is 4.79 Å². The Balaban J connectivity index is 1.78. The van der Waals surface area contributed by atoms with Crippen molar-refractivity contribution in [1.82, 2.24) is 15.1 Å². The van der Waals surface area contributed by atoms with Gasteiger partial charge in [0, 0.05) is 19.6 Å². The van der Waals surface area contributed by atoms with Crippen molar-refractivity contribution in [1.29, 1.82) is 0 Å². The maximum Gasteiger partial charge on any atom is 0.236 e. The quantitative estimate of drug-likeness (QED) is 0.826. The van der Waals surface area contributed by atoms with Crippen molar-refractivity contribution in [2.24, 2.45) is 17.8 Å². The maximum atomic E-state index is 12.4. The highest BCUT2D eigenvalue weighted by atomic mass is 16.2. The Labute approximate surface area is 117 Å². The molecule has 0 radical (unpaired) electrons. The highest BCUT2D eigenvalue weighted by molar-refractivity contribution is 5.78. The van der Waals surface area contributed by atoms with Crippen molar-refractivity contribution < 1.29 is 4.79 Å². The summed E-state index contributed by atoms with van der Waals surface area (Å²) in [6.45, 7) is 10.3. The first-order chi connectivity index (χ1) is 9.08. The van der Waals surface area contributed by atoms with Gasteiger partial charge in [-0.15, -0.1) is 0 Å². The van der Waals surface area contributed by atoms with Gasteiger partial charge in [0.2, 0.25) is 5.91 Å². The van der Waals surface area contributed by atoms with Crippen LogP contribution in [0.4, 0.5) is 0 Å². The van der Waals surface area contributed by atoms with Crippen LogP contribution in [0.5, 0.6) is 0 Å². The zero-order valence-electron chi connectivity index (χ0n) is 12.7. The second-order valence-electron chi connectivity index (χ2n) is 6.69. The average molecular weight is 267 g/mol. The van der Waals surface area contributed by atoms with E-state index >= 15 is 0 Å². The van der Waals surface area contributed by atoms with Crippen LogP contribution in [0.25, 0.3) is 0 Å². The summed E-state index contributed by atoms with van der Waals surface area (Å²) in [5.74, 6) is 2.37. The first-order valence-corrected chi connectivity index (χ1v) is 7.73. The predicted octanol–water partition coefficient (Wildman–Crippen LogP) is 1.03. The van der Waals surface area contributed by atoms with Gasteiger partial charge < -0.3 is 10.2 Å². The van der Waals surface area contributed by atoms with Gasteiger partial charge in [-0.25, -0.2) is 0 Å². The molecule has 0 aromatic carbocycles. The Kier molecular flexibility index (Phi) is 5.22. The van der Waals surface area contributed by atoms with Crippen molar-refractivity contribution in [2.45, 2.75) is 26.7 Å². The fraction of sp³-hybridized carbons (Fsp3) is 0.933. The number of likely N-dealkylation sites (tertiary alicyclic amines) is 2. The molecule has 0 saturated carbocycles. The summed E-state index contributed by atoms with van der Waals surface area (Å²) < 4.78 is 0. The van der Waals surface area contributed by atoms with E-state index in [-0.39, 0.29) is 0 Å². The third-order valence-corrected chi connectivity index (χ3v) is 4.44. The van der Waals surface area contributed by atoms with Crippen molar-refractivity contribution >= 4 is 5.91 Å². The van der Waals surface area contributed by atoms with Crippen LogP contribution in [-0.4, -0.2) is 62.0 Å². The Morgan fingerprint density at radius 2 is 1.89 bits per heavy atom. The second-order valence-corrected chi connectivity index (χ2v) is 6.69. The van der Waals surface area contributed by atoms with Crippen LogP contribution in [0.3, 0.4) is 0 Å². The summed E-state index contributed by atoms with van der Waals surface area (Å²) in [6, 6.07) is 0. The van der Waals surface area contributed by atoms with Gasteiger partial charge in [0.1, 0.15) is 0 Å². The molecule has 1 amide bonds. The average Bonchev–Trinajstić information content (AvgIpc) is 2.76. The second kappa shape index (κ2) is 6.71. The van der Waals surface area contributed by atoms with Gasteiger partial charge in [0.05, 0.1) is 6.54 Å². The highest BCUT2D eigenvalue weighted by Crippen LogP contribution is 2.22. The summed E-state index contributed by atoms with van der Waals surface area (Å²) in [6.07, 6.45) is 2.48. The van der Waals surface area contributed by atoms with Crippen molar-refractivity contribution in [3.05, 3.63) is 0 Å². The van der Waals surface area contributed by atoms with Gasteiger partial charge in [0.15, 0.2) is 0 Å². The van der Waals surface area contributed by atoms with Gasteiger partial charge in [-0.2, -0.15) is 0 Å². The number of hydrogen-bond acceptors (Lipinski definition) is 3. The van der Waals surface area contributed by atoms with E-state index in [9.17, 15) is 4.79 Å². The molecule has 3 atom stereocenters. The Morgan fingerprint density at radius 1 is 1.21 bits per heavy atom. The molecule has 2 aliphatic heterocycles. The summed E-state index contributed by atoms with van der Waals surface area (Å²) >= 11 is 0. The molecule has 2 rings (SSSR count). The van der Waals surface area contributed by atoms with Crippen LogP contribution >= 0.6 is 0 Å². The molecule has 0 aliphatic carbocycles. The van der Waals surface area contributed by atoms with Gasteiger partial charge in [-0.05, 0) is 50.7 Å². The fourth-order valence-electron chi connectivity index (χ4n) is 3.67. The molecule has 19 heavy (non-hydrogen) atoms. The number of hydrogen-bond donors (Lipinski definition) is 1. The molecule has 2 saturated heterocycles. The molecular formula is C15H29N3O. The molecule has 2 heterocycles. The summed E-state index contributed by atoms with van der Waals surface area (Å²) in [4.78, 5) is 16.8. The van der Waals surface area contributed by atoms with E-state index in [1.807, 2.05) is 7.05 Å². The van der Waals surface area contributed by atoms with Crippen LogP contribution in [0.15, 0.2) is 0 Å². The Bertz CT molecular complexity index is 298. The van der Waals surface area contributed by atoms with Crippen molar-refractivity contribution in [3.63, 3.8) is 0 Å². The molecule has 110 valence electrons. The minimum Gasteiger partial charge on any atom is -0.341 e. The normalized spacial score (nSPS) is 32.8. The summed E-state index contributed by atoms with van der Waals surface area (Å²) in [5.41, 5.74) is 0. The SMILES string of the molecule is CNCC1CCN(CC(=O)N2CC(C)CC(C)C2)C1. The van der Waals surface area contributed by atoms with Crippen molar-refractivity contribution in [2.75, 3.05) is 46.3 Å². The monoisotopic (exact) mass is 267 g/mol. The zero-order chi connectivity index (χ0) is 13.8. The number of piperidine rings is 1. The Morgan fingerprint density at radius 3 is 2.53 bits per heavy atom. The lowest BCUT2D eigenvalue weighted by molar-refractivity contribution is -0.134. The molecule has 0 aromatic rings. The minimum atomic E-state index is 0.337. The molecule has 2 fully saturated rings. The van der Waals surface area contributed by atoms with Crippen molar-refractivity contribution in [3.8, 4) is 0 Å². The van der Waals surface area contributed by atoms with E-state index < -0.39 is 0 Å². The van der Waals surface area contributed by atoms with Crippen LogP contribution in [0.2, 0.25) is 0 Å². The minimum absolute atomic E-state index is 0.337. The lowest BCUT2D eigenvalue weighted by atomic mass is 9.92. The van der Waals surface area contributed by atoms with Gasteiger partial charge in [0.25, 0.3) is 0 Å². The van der Waals surface area contributed by atoms with E-state index in [0.29, 0.717) is 24.3 Å². The van der Waals surface area contributed by atoms with E-state index in [4.69, 9.17) is 0 Å². The first-order valence-electron chi connectivity index (χ1n) is 7.73. The van der Waals surface area contributed by atoms with E-state index in [0.717, 1.165) is 38.6 Å². The number of nitrogens with zero attached hydrogens (tertiary/aromatic N) is 2. The number of amides is 1. The van der Waals surface area contributed by atoms with E-state index in [1.54, 1.807) is 0 Å². The molecule has 0 spiro atoms. The number of carbonyl (C=O) groups excluding carboxylic acids is 1. The molecule has 0 aromatic heterocycles. The molecule has 2 aliphatic rings. The third-order valence-electron chi connectivity index (χ3n) is 4.44. The third kappa shape index (κ3) is 4.18. The topological polar surface area (TPSA) is 35.6 Å². The molecular weight excluding hydrogens is 238 g/mol. The summed E-state index contributed by atoms with van der Waals surface area (Å²) in [7, 11) is 2.00. The first kappa shape index (κ1) is 14.8. The van der Waals surface area contributed by atoms with Crippen LogP contribution < -0.4 is 5.32 Å². The standard InChI is InChI=1S/C15H29N3O/c1-12-6-13(2)9-18(8-12)15(19)11-17-5-4-14(10-17)7-16-3/h12-14,16H,4-11H2,1-3H3. The van der Waals surface area contributed by atoms with E-state index in [1.165, 1.54) is 12.8 Å². The smallest absolute Gasteiger partial charge is 0.236 e. The Hall–Kier alpha value is -0.610. The highest BCUT2D eigenvalue weighted by Gasteiger charge is 2.28. The number of carbonyl (C=O) groups is 1. The molecule has 3 unspecified atom stereocenters.